The van der Waals surface area contributed by atoms with Crippen molar-refractivity contribution < 1.29 is 23.8 Å². The van der Waals surface area contributed by atoms with Gasteiger partial charge >= 0.3 is 0 Å². The zero-order valence-corrected chi connectivity index (χ0v) is 15.9. The van der Waals surface area contributed by atoms with Crippen LogP contribution in [0.25, 0.3) is 0 Å². The van der Waals surface area contributed by atoms with Gasteiger partial charge in [0.05, 0.1) is 12.1 Å². The molecule has 3 aliphatic rings. The van der Waals surface area contributed by atoms with E-state index in [-0.39, 0.29) is 37.1 Å². The van der Waals surface area contributed by atoms with E-state index in [0.29, 0.717) is 35.6 Å². The number of piperidine rings is 1. The number of nitrogens with zero attached hydrogens (tertiary/aromatic N) is 1. The average molecular weight is 398 g/mol. The van der Waals surface area contributed by atoms with Gasteiger partial charge in [-0.3, -0.25) is 9.69 Å². The number of fused-ring (bicyclic) bond motifs is 3. The van der Waals surface area contributed by atoms with E-state index in [1.807, 2.05) is 0 Å². The van der Waals surface area contributed by atoms with Crippen LogP contribution in [-0.2, 0) is 10.4 Å². The Morgan fingerprint density at radius 2 is 1.86 bits per heavy atom. The zero-order valence-electron chi connectivity index (χ0n) is 15.9. The van der Waals surface area contributed by atoms with Gasteiger partial charge in [0.1, 0.15) is 5.82 Å². The lowest BCUT2D eigenvalue weighted by atomic mass is 9.80. The number of amides is 1. The van der Waals surface area contributed by atoms with Crippen molar-refractivity contribution in [3.63, 3.8) is 0 Å². The fourth-order valence-corrected chi connectivity index (χ4v) is 4.97. The van der Waals surface area contributed by atoms with Gasteiger partial charge in [0.2, 0.25) is 12.7 Å². The van der Waals surface area contributed by atoms with Crippen LogP contribution in [0.15, 0.2) is 42.5 Å². The van der Waals surface area contributed by atoms with Gasteiger partial charge in [0.15, 0.2) is 11.5 Å². The molecule has 2 saturated heterocycles. The Labute approximate surface area is 168 Å². The molecule has 1 amide bonds. The second kappa shape index (κ2) is 7.00. The first-order valence-electron chi connectivity index (χ1n) is 9.94. The molecular formula is C22H23FN2O4. The number of benzene rings is 2. The lowest BCUT2D eigenvalue weighted by molar-refractivity contribution is -0.121. The molecule has 2 aromatic rings. The summed E-state index contributed by atoms with van der Waals surface area (Å²) in [6.45, 7) is 0.436. The van der Waals surface area contributed by atoms with Crippen molar-refractivity contribution in [2.75, 3.05) is 18.7 Å². The van der Waals surface area contributed by atoms with Crippen molar-refractivity contribution >= 4 is 11.6 Å². The molecule has 0 spiro atoms. The standard InChI is InChI=1S/C22H23FN2O4/c23-18-4-2-1-3-17(18)22(27)10-15-6-7-16(11-22)25(15)12-21(26)24-14-5-8-19-20(9-14)29-13-28-19/h1-5,8-9,15-16,27H,6-7,10-13H2,(H,24,26). The molecule has 29 heavy (non-hydrogen) atoms. The van der Waals surface area contributed by atoms with E-state index in [9.17, 15) is 14.3 Å². The van der Waals surface area contributed by atoms with Crippen molar-refractivity contribution in [3.05, 3.63) is 53.8 Å². The second-order valence-electron chi connectivity index (χ2n) is 8.09. The van der Waals surface area contributed by atoms with Gasteiger partial charge in [-0.05, 0) is 43.9 Å². The first kappa shape index (κ1) is 18.4. The van der Waals surface area contributed by atoms with Crippen LogP contribution in [0.4, 0.5) is 10.1 Å². The first-order valence-corrected chi connectivity index (χ1v) is 9.94. The summed E-state index contributed by atoms with van der Waals surface area (Å²) in [6.07, 6.45) is 2.67. The largest absolute Gasteiger partial charge is 0.454 e. The third-order valence-corrected chi connectivity index (χ3v) is 6.28. The molecule has 7 heteroatoms. The highest BCUT2D eigenvalue weighted by molar-refractivity contribution is 5.92. The minimum atomic E-state index is -1.18. The second-order valence-corrected chi connectivity index (χ2v) is 8.09. The Morgan fingerprint density at radius 3 is 2.62 bits per heavy atom. The van der Waals surface area contributed by atoms with E-state index >= 15 is 0 Å². The van der Waals surface area contributed by atoms with Gasteiger partial charge in [0.25, 0.3) is 0 Å². The van der Waals surface area contributed by atoms with Crippen molar-refractivity contribution in [1.82, 2.24) is 4.90 Å². The summed E-state index contributed by atoms with van der Waals surface area (Å²) in [5.74, 6) is 0.806. The van der Waals surface area contributed by atoms with Crippen LogP contribution in [0.5, 0.6) is 11.5 Å². The van der Waals surface area contributed by atoms with Crippen LogP contribution in [0, 0.1) is 5.82 Å². The van der Waals surface area contributed by atoms with Gasteiger partial charge in [-0.15, -0.1) is 0 Å². The smallest absolute Gasteiger partial charge is 0.238 e. The number of rotatable bonds is 4. The molecule has 0 aliphatic carbocycles. The maximum absolute atomic E-state index is 14.3. The lowest BCUT2D eigenvalue weighted by Crippen LogP contribution is -2.52. The van der Waals surface area contributed by atoms with Crippen molar-refractivity contribution in [2.24, 2.45) is 0 Å². The minimum Gasteiger partial charge on any atom is -0.454 e. The number of carbonyl (C=O) groups is 1. The van der Waals surface area contributed by atoms with Crippen LogP contribution in [0.2, 0.25) is 0 Å². The molecule has 0 radical (unpaired) electrons. The molecule has 6 nitrogen and oxygen atoms in total. The molecule has 0 saturated carbocycles. The maximum Gasteiger partial charge on any atom is 0.238 e. The van der Waals surface area contributed by atoms with E-state index in [1.54, 1.807) is 36.4 Å². The summed E-state index contributed by atoms with van der Waals surface area (Å²) in [4.78, 5) is 14.8. The average Bonchev–Trinajstić information content (AvgIpc) is 3.24. The molecule has 152 valence electrons. The number of aliphatic hydroxyl groups is 1. The quantitative estimate of drug-likeness (QED) is 0.829. The molecule has 2 bridgehead atoms. The molecule has 3 aliphatic heterocycles. The van der Waals surface area contributed by atoms with Gasteiger partial charge in [0, 0.05) is 29.4 Å². The normalized spacial score (nSPS) is 27.8. The fourth-order valence-electron chi connectivity index (χ4n) is 4.97. The van der Waals surface area contributed by atoms with E-state index in [2.05, 4.69) is 10.2 Å². The van der Waals surface area contributed by atoms with Crippen molar-refractivity contribution in [1.29, 1.82) is 0 Å². The number of hydrogen-bond acceptors (Lipinski definition) is 5. The highest BCUT2D eigenvalue weighted by atomic mass is 19.1. The SMILES string of the molecule is O=C(CN1C2CCC1CC(O)(c1ccccc1F)C2)Nc1ccc2c(c1)OCO2. The molecule has 2 unspecified atom stereocenters. The fraction of sp³-hybridized carbons (Fsp3) is 0.409. The van der Waals surface area contributed by atoms with Gasteiger partial charge in [-0.1, -0.05) is 18.2 Å². The lowest BCUT2D eigenvalue weighted by Gasteiger charge is -2.43. The monoisotopic (exact) mass is 398 g/mol. The molecule has 2 atom stereocenters. The molecule has 2 aromatic carbocycles. The number of halogens is 1. The first-order chi connectivity index (χ1) is 14.0. The maximum atomic E-state index is 14.3. The molecule has 2 N–H and O–H groups in total. The van der Waals surface area contributed by atoms with E-state index in [4.69, 9.17) is 9.47 Å². The minimum absolute atomic E-state index is 0.0564. The summed E-state index contributed by atoms with van der Waals surface area (Å²) >= 11 is 0. The Morgan fingerprint density at radius 1 is 1.14 bits per heavy atom. The summed E-state index contributed by atoms with van der Waals surface area (Å²) in [7, 11) is 0. The number of nitrogens with one attached hydrogen (secondary N) is 1. The van der Waals surface area contributed by atoms with Crippen LogP contribution >= 0.6 is 0 Å². The Kier molecular flexibility index (Phi) is 4.44. The third kappa shape index (κ3) is 3.34. The molecule has 3 heterocycles. The summed E-state index contributed by atoms with van der Waals surface area (Å²) < 4.78 is 24.9. The van der Waals surface area contributed by atoms with Crippen LogP contribution in [-0.4, -0.2) is 41.3 Å². The summed E-state index contributed by atoms with van der Waals surface area (Å²) in [5.41, 5.74) is -0.158. The topological polar surface area (TPSA) is 71.0 Å². The number of hydrogen-bond donors (Lipinski definition) is 2. The number of ether oxygens (including phenoxy) is 2. The predicted octanol–water partition coefficient (Wildman–Crippen LogP) is 3.01. The molecule has 0 aromatic heterocycles. The Bertz CT molecular complexity index is 936. The Balaban J connectivity index is 1.26. The molecular weight excluding hydrogens is 375 g/mol. The van der Waals surface area contributed by atoms with Gasteiger partial charge < -0.3 is 19.9 Å². The highest BCUT2D eigenvalue weighted by Crippen LogP contribution is 2.46. The number of carbonyl (C=O) groups excluding carboxylic acids is 1. The predicted molar refractivity (Wildman–Crippen MR) is 104 cm³/mol. The zero-order chi connectivity index (χ0) is 20.0. The third-order valence-electron chi connectivity index (χ3n) is 6.28. The highest BCUT2D eigenvalue weighted by Gasteiger charge is 2.49. The van der Waals surface area contributed by atoms with Crippen molar-refractivity contribution in [2.45, 2.75) is 43.4 Å². The van der Waals surface area contributed by atoms with Gasteiger partial charge in [-0.25, -0.2) is 4.39 Å². The number of anilines is 1. The summed E-state index contributed by atoms with van der Waals surface area (Å²) in [6, 6.07) is 11.9. The van der Waals surface area contributed by atoms with E-state index < -0.39 is 5.60 Å². The van der Waals surface area contributed by atoms with Gasteiger partial charge in [-0.2, -0.15) is 0 Å². The molecule has 5 rings (SSSR count). The van der Waals surface area contributed by atoms with E-state index in [0.717, 1.165) is 12.8 Å². The van der Waals surface area contributed by atoms with Crippen LogP contribution < -0.4 is 14.8 Å². The summed E-state index contributed by atoms with van der Waals surface area (Å²) in [5, 5.41) is 14.1. The van der Waals surface area contributed by atoms with Crippen molar-refractivity contribution in [3.8, 4) is 11.5 Å². The van der Waals surface area contributed by atoms with Crippen LogP contribution in [0.3, 0.4) is 0 Å². The molecule has 2 fully saturated rings. The Hall–Kier alpha value is -2.64. The van der Waals surface area contributed by atoms with E-state index in [1.165, 1.54) is 6.07 Å². The van der Waals surface area contributed by atoms with Crippen LogP contribution in [0.1, 0.15) is 31.2 Å².